The lowest BCUT2D eigenvalue weighted by atomic mass is 10.1. The maximum Gasteiger partial charge on any atom is 0.333 e. The molecule has 2 aromatic rings. The van der Waals surface area contributed by atoms with E-state index in [2.05, 4.69) is 0 Å². The monoisotopic (exact) mass is 408 g/mol. The molecule has 1 aliphatic heterocycles. The third-order valence-electron chi connectivity index (χ3n) is 4.52. The quantitative estimate of drug-likeness (QED) is 0.539. The smallest absolute Gasteiger partial charge is 0.274 e. The van der Waals surface area contributed by atoms with Gasteiger partial charge in [0.15, 0.2) is 0 Å². The minimum atomic E-state index is -1.81. The zero-order chi connectivity index (χ0) is 21.1. The Morgan fingerprint density at radius 1 is 0.690 bits per heavy atom. The molecule has 0 spiro atoms. The Hall–Kier alpha value is -3.23. The van der Waals surface area contributed by atoms with Crippen molar-refractivity contribution in [2.24, 2.45) is 0 Å². The molecule has 29 heavy (non-hydrogen) atoms. The maximum atomic E-state index is 14.5. The molecule has 3 rings (SSSR count). The van der Waals surface area contributed by atoms with Crippen molar-refractivity contribution in [2.75, 3.05) is 13.1 Å². The second kappa shape index (κ2) is 8.42. The summed E-state index contributed by atoms with van der Waals surface area (Å²) in [4.78, 5) is 37.8. The van der Waals surface area contributed by atoms with E-state index in [9.17, 15) is 31.9 Å². The summed E-state index contributed by atoms with van der Waals surface area (Å²) in [5.74, 6) is -2.95. The summed E-state index contributed by atoms with van der Waals surface area (Å²) in [7, 11) is 0. The number of hydrogen-bond acceptors (Lipinski definition) is 3. The van der Waals surface area contributed by atoms with Crippen molar-refractivity contribution in [2.45, 2.75) is 18.8 Å². The van der Waals surface area contributed by atoms with Gasteiger partial charge in [-0.2, -0.15) is 0 Å². The molecule has 9 heteroatoms. The van der Waals surface area contributed by atoms with Crippen LogP contribution >= 0.6 is 0 Å². The number of nitrogens with zero attached hydrogens (tertiary/aromatic N) is 2. The molecule has 1 aliphatic rings. The first-order chi connectivity index (χ1) is 13.8. The summed E-state index contributed by atoms with van der Waals surface area (Å²) in [5.41, 5.74) is 0.0928. The normalized spacial score (nSPS) is 16.9. The van der Waals surface area contributed by atoms with E-state index < -0.39 is 61.3 Å². The van der Waals surface area contributed by atoms with Gasteiger partial charge in [-0.05, 0) is 35.4 Å². The van der Waals surface area contributed by atoms with E-state index in [0.717, 1.165) is 24.3 Å². The summed E-state index contributed by atoms with van der Waals surface area (Å²) in [5, 5.41) is 0. The standard InChI is InChI=1S/C20H16F4N2O3/c21-14-5-1-12(2-6-14)16(23)10-25-18(27)9-19(28)26(20(25)29)11-17(24)13-3-7-15(22)8-4-13/h1-8,16-17H,9-11H2/t16-,17-/m0/s1. The maximum absolute atomic E-state index is 14.5. The molecule has 0 aromatic heterocycles. The van der Waals surface area contributed by atoms with Gasteiger partial charge in [0.25, 0.3) is 0 Å². The molecule has 2 atom stereocenters. The average molecular weight is 408 g/mol. The fourth-order valence-corrected chi connectivity index (χ4v) is 2.91. The number of barbiturate groups is 1. The first-order valence-corrected chi connectivity index (χ1v) is 8.70. The summed E-state index contributed by atoms with van der Waals surface area (Å²) < 4.78 is 55.0. The average Bonchev–Trinajstić information content (AvgIpc) is 2.69. The highest BCUT2D eigenvalue weighted by molar-refractivity contribution is 6.14. The van der Waals surface area contributed by atoms with Crippen molar-refractivity contribution in [1.82, 2.24) is 9.80 Å². The van der Waals surface area contributed by atoms with E-state index in [0.29, 0.717) is 9.80 Å². The Morgan fingerprint density at radius 3 is 1.38 bits per heavy atom. The summed E-state index contributed by atoms with van der Waals surface area (Å²) in [6, 6.07) is 7.70. The fraction of sp³-hybridized carbons (Fsp3) is 0.250. The van der Waals surface area contributed by atoms with Gasteiger partial charge in [0.2, 0.25) is 11.8 Å². The largest absolute Gasteiger partial charge is 0.333 e. The molecule has 0 saturated carbocycles. The molecular weight excluding hydrogens is 392 g/mol. The Balaban J connectivity index is 1.73. The van der Waals surface area contributed by atoms with Crippen molar-refractivity contribution in [3.8, 4) is 0 Å². The molecule has 0 unspecified atom stereocenters. The molecule has 0 radical (unpaired) electrons. The van der Waals surface area contributed by atoms with Gasteiger partial charge in [0.05, 0.1) is 13.1 Å². The Labute approximate surface area is 163 Å². The van der Waals surface area contributed by atoms with Gasteiger partial charge in [-0.15, -0.1) is 0 Å². The lowest BCUT2D eigenvalue weighted by molar-refractivity contribution is -0.143. The van der Waals surface area contributed by atoms with Crippen LogP contribution in [0.3, 0.4) is 0 Å². The molecular formula is C20H16F4N2O3. The number of carbonyl (C=O) groups is 3. The van der Waals surface area contributed by atoms with Crippen LogP contribution in [0.15, 0.2) is 48.5 Å². The van der Waals surface area contributed by atoms with Crippen molar-refractivity contribution in [3.63, 3.8) is 0 Å². The van der Waals surface area contributed by atoms with Crippen molar-refractivity contribution in [1.29, 1.82) is 0 Å². The predicted molar refractivity (Wildman–Crippen MR) is 93.9 cm³/mol. The summed E-state index contributed by atoms with van der Waals surface area (Å²) >= 11 is 0. The highest BCUT2D eigenvalue weighted by Gasteiger charge is 2.40. The first kappa shape index (κ1) is 20.5. The number of alkyl halides is 2. The number of urea groups is 1. The van der Waals surface area contributed by atoms with E-state index in [4.69, 9.17) is 0 Å². The van der Waals surface area contributed by atoms with Crippen LogP contribution in [-0.4, -0.2) is 40.7 Å². The second-order valence-corrected chi connectivity index (χ2v) is 6.51. The lowest BCUT2D eigenvalue weighted by Crippen LogP contribution is -2.56. The fourth-order valence-electron chi connectivity index (χ4n) is 2.91. The molecule has 0 bridgehead atoms. The van der Waals surface area contributed by atoms with Crippen LogP contribution in [0.2, 0.25) is 0 Å². The number of imide groups is 2. The SMILES string of the molecule is O=C1CC(=O)N(C[C@H](F)c2ccc(F)cc2)C(=O)N1C[C@H](F)c1ccc(F)cc1. The molecule has 0 N–H and O–H groups in total. The zero-order valence-electron chi connectivity index (χ0n) is 15.0. The van der Waals surface area contributed by atoms with E-state index in [1.165, 1.54) is 24.3 Å². The number of rotatable bonds is 6. The molecule has 1 heterocycles. The highest BCUT2D eigenvalue weighted by atomic mass is 19.1. The van der Waals surface area contributed by atoms with Crippen LogP contribution in [0.5, 0.6) is 0 Å². The highest BCUT2D eigenvalue weighted by Crippen LogP contribution is 2.25. The first-order valence-electron chi connectivity index (χ1n) is 8.70. The predicted octanol–water partition coefficient (Wildman–Crippen LogP) is 3.87. The molecule has 0 aliphatic carbocycles. The van der Waals surface area contributed by atoms with Crippen LogP contribution < -0.4 is 0 Å². The van der Waals surface area contributed by atoms with Gasteiger partial charge in [0.1, 0.15) is 30.4 Å². The Bertz CT molecular complexity index is 845. The molecule has 2 aromatic carbocycles. The van der Waals surface area contributed by atoms with Crippen LogP contribution in [0, 0.1) is 11.6 Å². The van der Waals surface area contributed by atoms with Gasteiger partial charge in [0, 0.05) is 0 Å². The van der Waals surface area contributed by atoms with Crippen molar-refractivity contribution < 1.29 is 31.9 Å². The number of carbonyl (C=O) groups excluding carboxylic acids is 3. The van der Waals surface area contributed by atoms with Crippen molar-refractivity contribution >= 4 is 17.8 Å². The Morgan fingerprint density at radius 2 is 1.03 bits per heavy atom. The summed E-state index contributed by atoms with van der Waals surface area (Å²) in [6.45, 7) is -1.39. The molecule has 152 valence electrons. The third kappa shape index (κ3) is 4.61. The van der Waals surface area contributed by atoms with Crippen LogP contribution in [0.1, 0.15) is 29.9 Å². The molecule has 5 nitrogen and oxygen atoms in total. The number of benzene rings is 2. The third-order valence-corrected chi connectivity index (χ3v) is 4.52. The topological polar surface area (TPSA) is 57.7 Å². The van der Waals surface area contributed by atoms with Gasteiger partial charge >= 0.3 is 6.03 Å². The number of hydrogen-bond donors (Lipinski definition) is 0. The summed E-state index contributed by atoms with van der Waals surface area (Å²) in [6.07, 6.45) is -4.33. The minimum Gasteiger partial charge on any atom is -0.274 e. The van der Waals surface area contributed by atoms with Gasteiger partial charge in [-0.1, -0.05) is 24.3 Å². The van der Waals surface area contributed by atoms with Gasteiger partial charge < -0.3 is 0 Å². The number of amides is 4. The lowest BCUT2D eigenvalue weighted by Gasteiger charge is -2.34. The van der Waals surface area contributed by atoms with E-state index in [-0.39, 0.29) is 11.1 Å². The van der Waals surface area contributed by atoms with Crippen LogP contribution in [0.25, 0.3) is 0 Å². The Kier molecular flexibility index (Phi) is 5.95. The molecule has 1 saturated heterocycles. The number of halogens is 4. The van der Waals surface area contributed by atoms with E-state index in [1.807, 2.05) is 0 Å². The van der Waals surface area contributed by atoms with Gasteiger partial charge in [-0.3, -0.25) is 19.4 Å². The second-order valence-electron chi connectivity index (χ2n) is 6.51. The zero-order valence-corrected chi connectivity index (χ0v) is 15.0. The van der Waals surface area contributed by atoms with E-state index >= 15 is 0 Å². The molecule has 4 amide bonds. The van der Waals surface area contributed by atoms with E-state index in [1.54, 1.807) is 0 Å². The van der Waals surface area contributed by atoms with Gasteiger partial charge in [-0.25, -0.2) is 22.4 Å². The van der Waals surface area contributed by atoms with Crippen molar-refractivity contribution in [3.05, 3.63) is 71.3 Å². The minimum absolute atomic E-state index is 0.0464. The van der Waals surface area contributed by atoms with Crippen LogP contribution in [0.4, 0.5) is 22.4 Å². The van der Waals surface area contributed by atoms with Crippen LogP contribution in [-0.2, 0) is 9.59 Å². The molecule has 1 fully saturated rings.